The van der Waals surface area contributed by atoms with Gasteiger partial charge >= 0.3 is 5.97 Å². The highest BCUT2D eigenvalue weighted by atomic mass is 32.1. The molecule has 3 aromatic rings. The van der Waals surface area contributed by atoms with E-state index in [2.05, 4.69) is 15.3 Å². The fraction of sp³-hybridized carbons (Fsp3) is 0.300. The van der Waals surface area contributed by atoms with E-state index in [1.165, 1.54) is 4.90 Å². The highest BCUT2D eigenvalue weighted by Crippen LogP contribution is 2.35. The van der Waals surface area contributed by atoms with Crippen molar-refractivity contribution in [3.05, 3.63) is 42.2 Å². The minimum Gasteiger partial charge on any atom is -0.481 e. The van der Waals surface area contributed by atoms with Gasteiger partial charge in [0.2, 0.25) is 5.91 Å². The van der Waals surface area contributed by atoms with Crippen molar-refractivity contribution in [1.82, 2.24) is 14.9 Å². The fourth-order valence-corrected chi connectivity index (χ4v) is 3.87. The maximum atomic E-state index is 12.4. The number of amides is 1. The molecule has 0 aliphatic rings. The number of nitrogens with one attached hydrogen (secondary N) is 1. The highest BCUT2D eigenvalue weighted by Gasteiger charge is 2.18. The number of carbonyl (C=O) groups excluding carboxylic acids is 1. The second-order valence-corrected chi connectivity index (χ2v) is 7.71. The predicted molar refractivity (Wildman–Crippen MR) is 111 cm³/mol. The van der Waals surface area contributed by atoms with Gasteiger partial charge in [-0.05, 0) is 18.6 Å². The third-order valence-electron chi connectivity index (χ3n) is 4.36. The molecule has 0 fully saturated rings. The molecule has 0 spiro atoms. The van der Waals surface area contributed by atoms with Gasteiger partial charge < -0.3 is 15.3 Å². The number of hydrogen-bond donors (Lipinski definition) is 2. The molecule has 146 valence electrons. The number of aliphatic carboxylic acids is 1. The number of rotatable bonds is 7. The molecule has 0 radical (unpaired) electrons. The fourth-order valence-electron chi connectivity index (χ4n) is 2.79. The number of nitrogens with zero attached hydrogens (tertiary/aromatic N) is 3. The van der Waals surface area contributed by atoms with Crippen LogP contribution in [0, 0.1) is 12.8 Å². The van der Waals surface area contributed by atoms with Crippen LogP contribution in [0.1, 0.15) is 12.7 Å². The molecular formula is C20H22N4O3S. The number of likely N-dealkylation sites (N-methyl/N-ethyl adjacent to an activating group) is 1. The van der Waals surface area contributed by atoms with Gasteiger partial charge in [0.1, 0.15) is 16.5 Å². The van der Waals surface area contributed by atoms with Crippen molar-refractivity contribution in [2.75, 3.05) is 25.5 Å². The molecule has 1 aromatic carbocycles. The van der Waals surface area contributed by atoms with Gasteiger partial charge in [0.05, 0.1) is 17.8 Å². The van der Waals surface area contributed by atoms with Crippen molar-refractivity contribution in [2.24, 2.45) is 5.92 Å². The standard InChI is InChI=1S/C20H22N4O3S/c1-12(20(26)27)11-24(3)17(25)10-21-18-15-9-16(14-7-5-4-6-8-14)28-19(15)23-13(2)22-18/h4-9,12H,10-11H2,1-3H3,(H,26,27)(H,21,22,23). The summed E-state index contributed by atoms with van der Waals surface area (Å²) < 4.78 is 0. The zero-order valence-electron chi connectivity index (χ0n) is 16.0. The number of aromatic nitrogens is 2. The van der Waals surface area contributed by atoms with Gasteiger partial charge in [-0.15, -0.1) is 11.3 Å². The van der Waals surface area contributed by atoms with E-state index < -0.39 is 11.9 Å². The van der Waals surface area contributed by atoms with Gasteiger partial charge in [-0.2, -0.15) is 0 Å². The summed E-state index contributed by atoms with van der Waals surface area (Å²) in [4.78, 5) is 35.6. The SMILES string of the molecule is Cc1nc(NCC(=O)N(C)CC(C)C(=O)O)c2cc(-c3ccccc3)sc2n1. The van der Waals surface area contributed by atoms with Crippen LogP contribution in [0.3, 0.4) is 0 Å². The van der Waals surface area contributed by atoms with Gasteiger partial charge in [0, 0.05) is 18.5 Å². The van der Waals surface area contributed by atoms with E-state index in [1.54, 1.807) is 25.3 Å². The number of carbonyl (C=O) groups is 2. The Hall–Kier alpha value is -3.00. The van der Waals surface area contributed by atoms with Crippen molar-refractivity contribution in [2.45, 2.75) is 13.8 Å². The van der Waals surface area contributed by atoms with E-state index in [0.29, 0.717) is 11.6 Å². The summed E-state index contributed by atoms with van der Waals surface area (Å²) in [6.07, 6.45) is 0. The summed E-state index contributed by atoms with van der Waals surface area (Å²) in [6.45, 7) is 3.58. The zero-order chi connectivity index (χ0) is 20.3. The lowest BCUT2D eigenvalue weighted by atomic mass is 10.2. The van der Waals surface area contributed by atoms with Crippen LogP contribution < -0.4 is 5.32 Å². The molecule has 8 heteroatoms. The molecule has 2 N–H and O–H groups in total. The lowest BCUT2D eigenvalue weighted by Gasteiger charge is -2.20. The van der Waals surface area contributed by atoms with Crippen LogP contribution >= 0.6 is 11.3 Å². The first kappa shape index (κ1) is 19.8. The van der Waals surface area contributed by atoms with E-state index in [9.17, 15) is 9.59 Å². The summed E-state index contributed by atoms with van der Waals surface area (Å²) in [5, 5.41) is 13.0. The second kappa shape index (κ2) is 8.35. The molecule has 0 aliphatic heterocycles. The maximum Gasteiger partial charge on any atom is 0.308 e. The van der Waals surface area contributed by atoms with Crippen LogP contribution in [0.15, 0.2) is 36.4 Å². The van der Waals surface area contributed by atoms with Gasteiger partial charge in [0.15, 0.2) is 0 Å². The second-order valence-electron chi connectivity index (χ2n) is 6.68. The minimum atomic E-state index is -0.924. The quantitative estimate of drug-likeness (QED) is 0.634. The zero-order valence-corrected chi connectivity index (χ0v) is 16.8. The monoisotopic (exact) mass is 398 g/mol. The molecule has 2 aromatic heterocycles. The first-order valence-corrected chi connectivity index (χ1v) is 9.71. The molecule has 2 heterocycles. The highest BCUT2D eigenvalue weighted by molar-refractivity contribution is 7.21. The topological polar surface area (TPSA) is 95.4 Å². The molecule has 7 nitrogen and oxygen atoms in total. The Morgan fingerprint density at radius 2 is 1.96 bits per heavy atom. The Bertz CT molecular complexity index is 1000. The average Bonchev–Trinajstić information content (AvgIpc) is 3.10. The largest absolute Gasteiger partial charge is 0.481 e. The first-order chi connectivity index (χ1) is 13.3. The van der Waals surface area contributed by atoms with Crippen molar-refractivity contribution < 1.29 is 14.7 Å². The molecule has 0 aliphatic carbocycles. The molecule has 1 amide bonds. The van der Waals surface area contributed by atoms with E-state index in [4.69, 9.17) is 5.11 Å². The van der Waals surface area contributed by atoms with Gasteiger partial charge in [-0.25, -0.2) is 9.97 Å². The number of anilines is 1. The van der Waals surface area contributed by atoms with E-state index in [-0.39, 0.29) is 19.0 Å². The summed E-state index contributed by atoms with van der Waals surface area (Å²) in [6, 6.07) is 12.1. The smallest absolute Gasteiger partial charge is 0.308 e. The summed E-state index contributed by atoms with van der Waals surface area (Å²) in [7, 11) is 1.60. The molecule has 1 unspecified atom stereocenters. The Morgan fingerprint density at radius 3 is 2.64 bits per heavy atom. The van der Waals surface area contributed by atoms with Crippen molar-refractivity contribution in [3.63, 3.8) is 0 Å². The van der Waals surface area contributed by atoms with Gasteiger partial charge in [-0.3, -0.25) is 9.59 Å². The molecule has 0 saturated carbocycles. The number of hydrogen-bond acceptors (Lipinski definition) is 6. The molecule has 28 heavy (non-hydrogen) atoms. The maximum absolute atomic E-state index is 12.4. The minimum absolute atomic E-state index is 0.0326. The molecule has 1 atom stereocenters. The normalized spacial score (nSPS) is 12.0. The van der Waals surface area contributed by atoms with Crippen molar-refractivity contribution in [3.8, 4) is 10.4 Å². The Morgan fingerprint density at radius 1 is 1.25 bits per heavy atom. The van der Waals surface area contributed by atoms with Crippen molar-refractivity contribution >= 4 is 39.2 Å². The van der Waals surface area contributed by atoms with E-state index in [0.717, 1.165) is 20.7 Å². The van der Waals surface area contributed by atoms with Gasteiger partial charge in [-0.1, -0.05) is 37.3 Å². The Labute approximate surface area is 167 Å². The van der Waals surface area contributed by atoms with Crippen LogP contribution in [0.25, 0.3) is 20.7 Å². The van der Waals surface area contributed by atoms with Crippen LogP contribution in [-0.4, -0.2) is 52.0 Å². The first-order valence-electron chi connectivity index (χ1n) is 8.89. The number of benzene rings is 1. The summed E-state index contributed by atoms with van der Waals surface area (Å²) in [5.41, 5.74) is 1.10. The summed E-state index contributed by atoms with van der Waals surface area (Å²) >= 11 is 1.58. The van der Waals surface area contributed by atoms with E-state index >= 15 is 0 Å². The third-order valence-corrected chi connectivity index (χ3v) is 5.44. The third kappa shape index (κ3) is 4.45. The van der Waals surface area contributed by atoms with E-state index in [1.807, 2.05) is 43.3 Å². The number of carboxylic acid groups (broad SMARTS) is 1. The Kier molecular flexibility index (Phi) is 5.89. The number of carboxylic acids is 1. The van der Waals surface area contributed by atoms with Crippen LogP contribution in [0.5, 0.6) is 0 Å². The number of aryl methyl sites for hydroxylation is 1. The molecular weight excluding hydrogens is 376 g/mol. The average molecular weight is 398 g/mol. The van der Waals surface area contributed by atoms with Gasteiger partial charge in [0.25, 0.3) is 0 Å². The number of thiophene rings is 1. The molecule has 0 bridgehead atoms. The predicted octanol–water partition coefficient (Wildman–Crippen LogP) is 3.26. The lowest BCUT2D eigenvalue weighted by molar-refractivity contribution is -0.142. The van der Waals surface area contributed by atoms with Crippen molar-refractivity contribution in [1.29, 1.82) is 0 Å². The summed E-state index contributed by atoms with van der Waals surface area (Å²) in [5.74, 6) is -0.513. The van der Waals surface area contributed by atoms with Crippen LogP contribution in [0.4, 0.5) is 5.82 Å². The number of fused-ring (bicyclic) bond motifs is 1. The van der Waals surface area contributed by atoms with Crippen LogP contribution in [0.2, 0.25) is 0 Å². The molecule has 3 rings (SSSR count). The molecule has 0 saturated heterocycles. The van der Waals surface area contributed by atoms with Crippen LogP contribution in [-0.2, 0) is 9.59 Å². The lowest BCUT2D eigenvalue weighted by Crippen LogP contribution is -2.37. The Balaban J connectivity index is 1.78.